The van der Waals surface area contributed by atoms with Crippen LogP contribution in [0.2, 0.25) is 10.0 Å². The molecule has 4 amide bonds. The van der Waals surface area contributed by atoms with E-state index in [0.717, 1.165) is 187 Å². The van der Waals surface area contributed by atoms with Crippen LogP contribution in [0, 0.1) is 42.9 Å². The van der Waals surface area contributed by atoms with Crippen LogP contribution in [0.25, 0.3) is 33.2 Å². The van der Waals surface area contributed by atoms with E-state index in [-0.39, 0.29) is 92.9 Å². The van der Waals surface area contributed by atoms with Crippen molar-refractivity contribution in [2.75, 3.05) is 115 Å². The summed E-state index contributed by atoms with van der Waals surface area (Å²) >= 11 is 12.5. The molecule has 34 heteroatoms. The number of aromatic amines is 2. The molecular weight excluding hydrogens is 1810 g/mol. The highest BCUT2D eigenvalue weighted by molar-refractivity contribution is 7.90. The molecule has 8 aliphatic rings. The van der Waals surface area contributed by atoms with Gasteiger partial charge in [-0.1, -0.05) is 86.3 Å². The van der Waals surface area contributed by atoms with Crippen molar-refractivity contribution in [3.63, 3.8) is 0 Å². The van der Waals surface area contributed by atoms with Crippen LogP contribution in [-0.4, -0.2) is 195 Å². The zero-order valence-electron chi connectivity index (χ0n) is 77.2. The van der Waals surface area contributed by atoms with Gasteiger partial charge in [0.05, 0.1) is 67.5 Å². The number of halogens is 2. The van der Waals surface area contributed by atoms with Crippen LogP contribution in [0.4, 0.5) is 22.7 Å². The summed E-state index contributed by atoms with van der Waals surface area (Å²) in [6.45, 7) is 20.7. The Hall–Kier alpha value is -11.9. The van der Waals surface area contributed by atoms with Crippen LogP contribution in [-0.2, 0) is 42.5 Å². The second-order valence-corrected chi connectivity index (χ2v) is 43.0. The minimum absolute atomic E-state index is 0.0580. The maximum Gasteiger partial charge on any atom is 0.277 e. The molecule has 0 radical (unpaired) electrons. The van der Waals surface area contributed by atoms with Crippen molar-refractivity contribution in [2.24, 2.45) is 22.7 Å². The highest BCUT2D eigenvalue weighted by atomic mass is 35.5. The average Bonchev–Trinajstić information content (AvgIpc) is 0.839. The van der Waals surface area contributed by atoms with E-state index in [4.69, 9.17) is 42.1 Å². The molecule has 4 fully saturated rings. The molecule has 0 saturated carbocycles. The van der Waals surface area contributed by atoms with Crippen LogP contribution in [0.5, 0.6) is 34.5 Å². The largest absolute Gasteiger partial charge is 0.493 e. The van der Waals surface area contributed by atoms with Gasteiger partial charge in [0, 0.05) is 185 Å². The lowest BCUT2D eigenvalue weighted by atomic mass is 9.72. The first kappa shape index (κ1) is 95.8. The van der Waals surface area contributed by atoms with Crippen molar-refractivity contribution in [1.82, 2.24) is 49.0 Å². The van der Waals surface area contributed by atoms with Crippen LogP contribution < -0.4 is 38.2 Å². The Balaban J connectivity index is 0.000000189. The Bertz CT molecular complexity index is 6090. The second-order valence-electron chi connectivity index (χ2n) is 38.8. The number of nitrogens with zero attached hydrogens (tertiary/aromatic N) is 10. The average molecular weight is 1930 g/mol. The van der Waals surface area contributed by atoms with Crippen molar-refractivity contribution in [2.45, 2.75) is 166 Å². The molecule has 136 heavy (non-hydrogen) atoms. The number of pyridine rings is 2. The number of hydrogen-bond acceptors (Lipinski definition) is 22. The van der Waals surface area contributed by atoms with Gasteiger partial charge < -0.3 is 48.5 Å². The molecule has 0 bridgehead atoms. The maximum absolute atomic E-state index is 14.1. The monoisotopic (exact) mass is 1930 g/mol. The van der Waals surface area contributed by atoms with Crippen LogP contribution in [0.1, 0.15) is 186 Å². The number of carbonyl (C=O) groups is 4. The number of piperidine rings is 2. The number of piperazine rings is 2. The molecule has 0 spiro atoms. The number of amides is 4. The predicted molar refractivity (Wildman–Crippen MR) is 524 cm³/mol. The molecular formula is C102H116Cl2N14O16S2. The van der Waals surface area contributed by atoms with E-state index < -0.39 is 62.9 Å². The summed E-state index contributed by atoms with van der Waals surface area (Å²) in [5.41, 5.74) is 11.1. The van der Waals surface area contributed by atoms with Crippen LogP contribution >= 0.6 is 23.2 Å². The number of aromatic nitrogens is 4. The Morgan fingerprint density at radius 1 is 0.500 bits per heavy atom. The first-order valence-corrected chi connectivity index (χ1v) is 51.0. The normalized spacial score (nSPS) is 18.8. The molecule has 10 aromatic rings. The Morgan fingerprint density at radius 2 is 0.890 bits per heavy atom. The first-order valence-electron chi connectivity index (χ1n) is 47.3. The van der Waals surface area contributed by atoms with E-state index in [1.807, 2.05) is 46.2 Å². The molecule has 4 N–H and O–H groups in total. The molecule has 4 aromatic heterocycles. The summed E-state index contributed by atoms with van der Waals surface area (Å²) in [5, 5.41) is 27.8. The lowest BCUT2D eigenvalue weighted by Crippen LogP contribution is -2.47. The summed E-state index contributed by atoms with van der Waals surface area (Å²) in [7, 11) is -9.32. The molecule has 0 unspecified atom stereocenters. The van der Waals surface area contributed by atoms with Crippen molar-refractivity contribution < 1.29 is 64.8 Å². The highest BCUT2D eigenvalue weighted by Crippen LogP contribution is 2.48. The number of fused-ring (bicyclic) bond motifs is 4. The molecule has 716 valence electrons. The smallest absolute Gasteiger partial charge is 0.277 e. The van der Waals surface area contributed by atoms with Gasteiger partial charge in [-0.25, -0.2) is 36.2 Å². The van der Waals surface area contributed by atoms with Gasteiger partial charge in [0.2, 0.25) is 11.8 Å². The fraction of sp³-hybridized carbons (Fsp3) is 0.431. The number of ether oxygens (including phenoxy) is 4. The SMILES string of the molecule is CC1(C)CCC(CN2CCN(c3ccc(C(=O)NS(=O)(=O)c4cc5c(c([N+](=O)[O-])c4)C[C@@H](CCCC(=O)N4CCCCC4)CO5)c(Oc4cnc5[nH]ccc5c4)c3)CC2)=C(c2ccc(Cl)cc2)C1.CC1(C)CCC(CN2CCN(c3ccc(C(=O)NS(=O)(=O)c4cc5c(c([N+](=O)[O-])c4)C[C@H](CCCC(=O)N4CCCCC4)CO5)c(Oc4cnc5[nH]ccc5c4)c3)CC2)=C(c2ccc(Cl)cc2)C1. The number of hydrogen-bond donors (Lipinski definition) is 4. The van der Waals surface area contributed by atoms with Gasteiger partial charge in [-0.2, -0.15) is 0 Å². The number of carbonyl (C=O) groups excluding carboxylic acids is 4. The second kappa shape index (κ2) is 41.6. The zero-order chi connectivity index (χ0) is 95.2. The van der Waals surface area contributed by atoms with Gasteiger partial charge in [-0.3, -0.25) is 49.2 Å². The number of nitro benzene ring substituents is 2. The Labute approximate surface area is 802 Å². The van der Waals surface area contributed by atoms with Gasteiger partial charge in [-0.05, 0) is 233 Å². The van der Waals surface area contributed by atoms with Gasteiger partial charge in [0.1, 0.15) is 45.8 Å². The molecule has 4 saturated heterocycles. The molecule has 2 aliphatic carbocycles. The Morgan fingerprint density at radius 3 is 1.27 bits per heavy atom. The first-order chi connectivity index (χ1) is 65.3. The maximum atomic E-state index is 14.1. The third kappa shape index (κ3) is 23.1. The van der Waals surface area contributed by atoms with Gasteiger partial charge in [0.15, 0.2) is 0 Å². The van der Waals surface area contributed by atoms with Crippen molar-refractivity contribution in [1.29, 1.82) is 0 Å². The van der Waals surface area contributed by atoms with E-state index in [1.54, 1.807) is 48.8 Å². The van der Waals surface area contributed by atoms with Gasteiger partial charge in [-0.15, -0.1) is 0 Å². The number of nitro groups is 2. The molecule has 6 aromatic carbocycles. The summed E-state index contributed by atoms with van der Waals surface area (Å²) in [6, 6.07) is 38.1. The number of rotatable bonds is 28. The number of allylic oxidation sites excluding steroid dienone is 2. The minimum Gasteiger partial charge on any atom is -0.493 e. The van der Waals surface area contributed by atoms with Crippen molar-refractivity contribution >= 4 is 123 Å². The topological polar surface area (TPSA) is 361 Å². The van der Waals surface area contributed by atoms with Gasteiger partial charge in [0.25, 0.3) is 43.2 Å². The molecule has 6 aliphatic heterocycles. The zero-order valence-corrected chi connectivity index (χ0v) is 80.3. The number of likely N-dealkylation sites (tertiary alicyclic amines) is 2. The summed E-state index contributed by atoms with van der Waals surface area (Å²) < 4.78 is 84.8. The van der Waals surface area contributed by atoms with Crippen LogP contribution in [0.3, 0.4) is 0 Å². The van der Waals surface area contributed by atoms with Crippen molar-refractivity contribution in [3.05, 3.63) is 233 Å². The van der Waals surface area contributed by atoms with E-state index in [9.17, 15) is 56.2 Å². The fourth-order valence-electron chi connectivity index (χ4n) is 20.1. The third-order valence-corrected chi connectivity index (χ3v) is 31.0. The lowest BCUT2D eigenvalue weighted by Gasteiger charge is -2.39. The highest BCUT2D eigenvalue weighted by Gasteiger charge is 2.38. The van der Waals surface area contributed by atoms with E-state index in [0.29, 0.717) is 100 Å². The molecule has 2 atom stereocenters. The van der Waals surface area contributed by atoms with E-state index >= 15 is 0 Å². The summed E-state index contributed by atoms with van der Waals surface area (Å²) in [5.74, 6) is -0.820. The number of benzene rings is 6. The summed E-state index contributed by atoms with van der Waals surface area (Å²) in [6.07, 6.45) is 23.1. The standard InChI is InChI=1S/2C51H58ClN7O8S/c2*1-51(2)17-15-37(44(30-51)35-9-11-38(52)12-10-35)32-56-21-23-57(24-22-56)39-13-14-42(47(27-39)67-40-26-36-16-18-53-49(36)54-31-40)50(61)55-68(64,65)41-28-45(59(62)63)43-25-34(33-66-46(43)29-41)7-6-8-48(60)58-19-4-3-5-20-58/h2*9-14,16,18,26-29,31,34H,3-8,15,17,19-25,30,32-33H2,1-2H3,(H,53,54)(H,55,61)/t2*34-/m10/s1. The molecule has 10 heterocycles. The Kier molecular flexibility index (Phi) is 29.3. The lowest BCUT2D eigenvalue weighted by molar-refractivity contribution is -0.386. The third-order valence-electron chi connectivity index (χ3n) is 27.8. The number of H-pyrrole nitrogens is 2. The minimum atomic E-state index is -4.66. The summed E-state index contributed by atoms with van der Waals surface area (Å²) in [4.78, 5) is 104. The fourth-order valence-corrected chi connectivity index (χ4v) is 22.4. The molecule has 30 nitrogen and oxygen atoms in total. The van der Waals surface area contributed by atoms with Crippen LogP contribution in [0.15, 0.2) is 179 Å². The number of nitrogens with one attached hydrogen (secondary N) is 4. The van der Waals surface area contributed by atoms with Gasteiger partial charge >= 0.3 is 0 Å². The van der Waals surface area contributed by atoms with E-state index in [1.165, 1.54) is 70.1 Å². The number of sulfonamides is 2. The van der Waals surface area contributed by atoms with Crippen molar-refractivity contribution in [3.8, 4) is 34.5 Å². The quantitative estimate of drug-likeness (QED) is 0.0261. The number of anilines is 2. The predicted octanol–water partition coefficient (Wildman–Crippen LogP) is 19.1. The molecule has 18 rings (SSSR count). The van der Waals surface area contributed by atoms with E-state index in [2.05, 4.69) is 101 Å².